The Balaban J connectivity index is 2.22. The van der Waals surface area contributed by atoms with Gasteiger partial charge in [-0.25, -0.2) is 9.78 Å². The highest BCUT2D eigenvalue weighted by Crippen LogP contribution is 2.26. The highest BCUT2D eigenvalue weighted by atomic mass is 32.1. The summed E-state index contributed by atoms with van der Waals surface area (Å²) in [5, 5.41) is 4.70. The number of aromatic nitrogens is 1. The fraction of sp³-hybridized carbons (Fsp3) is 0.182. The maximum atomic E-state index is 12.1. The van der Waals surface area contributed by atoms with Gasteiger partial charge in [0.25, 0.3) is 5.91 Å². The van der Waals surface area contributed by atoms with Crippen LogP contribution < -0.4 is 11.1 Å². The second kappa shape index (κ2) is 5.37. The van der Waals surface area contributed by atoms with Gasteiger partial charge in [-0.05, 0) is 18.4 Å². The van der Waals surface area contributed by atoms with Crippen molar-refractivity contribution in [3.8, 4) is 0 Å². The van der Waals surface area contributed by atoms with E-state index >= 15 is 0 Å². The molecular weight excluding hydrogens is 286 g/mol. The molecule has 0 aliphatic rings. The molecule has 2 aromatic rings. The summed E-state index contributed by atoms with van der Waals surface area (Å²) in [4.78, 5) is 28.3. The summed E-state index contributed by atoms with van der Waals surface area (Å²) in [7, 11) is 1.29. The van der Waals surface area contributed by atoms with E-state index in [9.17, 15) is 9.59 Å². The third kappa shape index (κ3) is 2.74. The maximum Gasteiger partial charge on any atom is 0.350 e. The van der Waals surface area contributed by atoms with E-state index in [1.807, 2.05) is 0 Å². The standard InChI is InChI=1S/C11H11N3O3S2/c1-5-7(19-11(12)13-5)9(15)14-6-3-4-18-8(6)10(16)17-2/h3-4H,1-2H3,(H2,12,13)(H,14,15). The molecule has 0 unspecified atom stereocenters. The molecule has 0 aromatic carbocycles. The van der Waals surface area contributed by atoms with Crippen molar-refractivity contribution >= 4 is 45.4 Å². The van der Waals surface area contributed by atoms with E-state index in [-0.39, 0.29) is 5.91 Å². The first-order valence-corrected chi connectivity index (χ1v) is 6.92. The lowest BCUT2D eigenvalue weighted by atomic mass is 10.3. The molecule has 0 fully saturated rings. The zero-order valence-electron chi connectivity index (χ0n) is 10.2. The summed E-state index contributed by atoms with van der Waals surface area (Å²) in [5.41, 5.74) is 6.53. The number of hydrogen-bond donors (Lipinski definition) is 2. The van der Waals surface area contributed by atoms with E-state index in [1.54, 1.807) is 18.4 Å². The molecule has 0 atom stereocenters. The van der Waals surface area contributed by atoms with Crippen LogP contribution >= 0.6 is 22.7 Å². The number of nitrogens with zero attached hydrogens (tertiary/aromatic N) is 1. The molecular formula is C11H11N3O3S2. The van der Waals surface area contributed by atoms with Crippen molar-refractivity contribution in [1.29, 1.82) is 0 Å². The summed E-state index contributed by atoms with van der Waals surface area (Å²) in [6.45, 7) is 1.70. The van der Waals surface area contributed by atoms with Gasteiger partial charge in [0, 0.05) is 0 Å². The van der Waals surface area contributed by atoms with Crippen LogP contribution in [0, 0.1) is 6.92 Å². The number of rotatable bonds is 3. The molecule has 0 saturated heterocycles. The Morgan fingerprint density at radius 2 is 2.16 bits per heavy atom. The molecule has 2 heterocycles. The highest BCUT2D eigenvalue weighted by molar-refractivity contribution is 7.17. The second-order valence-electron chi connectivity index (χ2n) is 3.58. The van der Waals surface area contributed by atoms with Crippen LogP contribution in [-0.2, 0) is 4.74 Å². The maximum absolute atomic E-state index is 12.1. The van der Waals surface area contributed by atoms with Crippen LogP contribution in [0.4, 0.5) is 10.8 Å². The van der Waals surface area contributed by atoms with Crippen molar-refractivity contribution < 1.29 is 14.3 Å². The Bertz CT molecular complexity index is 633. The number of carbonyl (C=O) groups is 2. The average molecular weight is 297 g/mol. The van der Waals surface area contributed by atoms with Crippen LogP contribution in [0.3, 0.4) is 0 Å². The first-order chi connectivity index (χ1) is 9.02. The summed E-state index contributed by atoms with van der Waals surface area (Å²) >= 11 is 2.31. The van der Waals surface area contributed by atoms with Crippen molar-refractivity contribution in [2.24, 2.45) is 0 Å². The van der Waals surface area contributed by atoms with Crippen LogP contribution in [0.25, 0.3) is 0 Å². The first-order valence-electron chi connectivity index (χ1n) is 5.23. The van der Waals surface area contributed by atoms with Crippen molar-refractivity contribution in [2.75, 3.05) is 18.2 Å². The van der Waals surface area contributed by atoms with Crippen LogP contribution in [0.15, 0.2) is 11.4 Å². The number of aryl methyl sites for hydroxylation is 1. The van der Waals surface area contributed by atoms with E-state index in [4.69, 9.17) is 5.73 Å². The molecule has 8 heteroatoms. The molecule has 2 rings (SSSR count). The summed E-state index contributed by atoms with van der Waals surface area (Å²) < 4.78 is 4.64. The SMILES string of the molecule is COC(=O)c1sccc1NC(=O)c1sc(N)nc1C. The number of hydrogen-bond acceptors (Lipinski definition) is 7. The zero-order valence-corrected chi connectivity index (χ0v) is 11.9. The lowest BCUT2D eigenvalue weighted by molar-refractivity contribution is 0.0607. The highest BCUT2D eigenvalue weighted by Gasteiger charge is 2.19. The summed E-state index contributed by atoms with van der Waals surface area (Å²) in [6, 6.07) is 1.65. The number of nitrogens with one attached hydrogen (secondary N) is 1. The Morgan fingerprint density at radius 3 is 2.74 bits per heavy atom. The van der Waals surface area contributed by atoms with Crippen molar-refractivity contribution in [1.82, 2.24) is 4.98 Å². The summed E-state index contributed by atoms with van der Waals surface area (Å²) in [5.74, 6) is -0.818. The average Bonchev–Trinajstić information content (AvgIpc) is 2.95. The quantitative estimate of drug-likeness (QED) is 0.846. The molecule has 0 spiro atoms. The number of nitrogen functional groups attached to an aromatic ring is 1. The number of carbonyl (C=O) groups excluding carboxylic acids is 2. The molecule has 0 radical (unpaired) electrons. The minimum absolute atomic E-state index is 0.334. The minimum atomic E-state index is -0.481. The largest absolute Gasteiger partial charge is 0.465 e. The number of thiophene rings is 1. The van der Waals surface area contributed by atoms with Crippen molar-refractivity contribution in [3.05, 3.63) is 26.9 Å². The molecule has 0 aliphatic heterocycles. The number of esters is 1. The van der Waals surface area contributed by atoms with Gasteiger partial charge in [-0.3, -0.25) is 4.79 Å². The van der Waals surface area contributed by atoms with Gasteiger partial charge in [0.2, 0.25) is 0 Å². The van der Waals surface area contributed by atoms with Crippen LogP contribution in [0.2, 0.25) is 0 Å². The van der Waals surface area contributed by atoms with E-state index < -0.39 is 5.97 Å². The Morgan fingerprint density at radius 1 is 1.42 bits per heavy atom. The van der Waals surface area contributed by atoms with Gasteiger partial charge in [0.1, 0.15) is 9.75 Å². The zero-order chi connectivity index (χ0) is 14.0. The Hall–Kier alpha value is -1.93. The molecule has 0 bridgehead atoms. The molecule has 2 aromatic heterocycles. The molecule has 0 saturated carbocycles. The van der Waals surface area contributed by atoms with Crippen LogP contribution in [0.5, 0.6) is 0 Å². The van der Waals surface area contributed by atoms with Gasteiger partial charge < -0.3 is 15.8 Å². The number of nitrogens with two attached hydrogens (primary N) is 1. The number of ether oxygens (including phenoxy) is 1. The first kappa shape index (κ1) is 13.5. The molecule has 19 heavy (non-hydrogen) atoms. The van der Waals surface area contributed by atoms with Gasteiger partial charge in [0.05, 0.1) is 18.5 Å². The van der Waals surface area contributed by atoms with Gasteiger partial charge in [0.15, 0.2) is 5.13 Å². The number of methoxy groups -OCH3 is 1. The Kier molecular flexibility index (Phi) is 3.82. The fourth-order valence-corrected chi connectivity index (χ4v) is 2.96. The third-order valence-electron chi connectivity index (χ3n) is 2.30. The van der Waals surface area contributed by atoms with Gasteiger partial charge >= 0.3 is 5.97 Å². The molecule has 100 valence electrons. The smallest absolute Gasteiger partial charge is 0.350 e. The van der Waals surface area contributed by atoms with E-state index in [0.717, 1.165) is 11.3 Å². The van der Waals surface area contributed by atoms with Crippen LogP contribution in [0.1, 0.15) is 25.0 Å². The number of anilines is 2. The topological polar surface area (TPSA) is 94.3 Å². The number of amides is 1. The summed E-state index contributed by atoms with van der Waals surface area (Å²) in [6.07, 6.45) is 0. The fourth-order valence-electron chi connectivity index (χ4n) is 1.47. The predicted octanol–water partition coefficient (Wildman–Crippen LogP) is 2.13. The third-order valence-corrected chi connectivity index (χ3v) is 4.18. The van der Waals surface area contributed by atoms with Crippen LogP contribution in [-0.4, -0.2) is 24.0 Å². The lowest BCUT2D eigenvalue weighted by Gasteiger charge is -2.04. The van der Waals surface area contributed by atoms with E-state index in [1.165, 1.54) is 18.4 Å². The normalized spacial score (nSPS) is 10.2. The van der Waals surface area contributed by atoms with Gasteiger partial charge in [-0.15, -0.1) is 11.3 Å². The number of thiazole rings is 1. The Labute approximate surface area is 117 Å². The molecule has 6 nitrogen and oxygen atoms in total. The molecule has 1 amide bonds. The van der Waals surface area contributed by atoms with E-state index in [2.05, 4.69) is 15.0 Å². The van der Waals surface area contributed by atoms with Gasteiger partial charge in [-0.2, -0.15) is 0 Å². The molecule has 0 aliphatic carbocycles. The monoisotopic (exact) mass is 297 g/mol. The van der Waals surface area contributed by atoms with Crippen molar-refractivity contribution in [2.45, 2.75) is 6.92 Å². The molecule has 3 N–H and O–H groups in total. The minimum Gasteiger partial charge on any atom is -0.465 e. The second-order valence-corrected chi connectivity index (χ2v) is 5.52. The predicted molar refractivity (Wildman–Crippen MR) is 74.9 cm³/mol. The van der Waals surface area contributed by atoms with Gasteiger partial charge in [-0.1, -0.05) is 11.3 Å². The lowest BCUT2D eigenvalue weighted by Crippen LogP contribution is -2.13. The van der Waals surface area contributed by atoms with E-state index in [0.29, 0.717) is 26.3 Å². The van der Waals surface area contributed by atoms with Crippen molar-refractivity contribution in [3.63, 3.8) is 0 Å².